The maximum absolute atomic E-state index is 14.0. The first-order valence-electron chi connectivity index (χ1n) is 7.09. The van der Waals surface area contributed by atoms with Crippen molar-refractivity contribution in [3.05, 3.63) is 65.1 Å². The standard InChI is InChI=1S/C18H17FN2O/c1-11-8-14(18(22)9-12(11)2)16-10-13(3)21(20-16)17-7-5-4-6-15(17)19/h4-10,22H,1-3H3. The van der Waals surface area contributed by atoms with Gasteiger partial charge in [-0.1, -0.05) is 12.1 Å². The summed E-state index contributed by atoms with van der Waals surface area (Å²) in [5.74, 6) is -0.147. The molecule has 3 rings (SSSR count). The van der Waals surface area contributed by atoms with Gasteiger partial charge in [-0.15, -0.1) is 0 Å². The number of halogens is 1. The number of phenols is 1. The second kappa shape index (κ2) is 5.30. The van der Waals surface area contributed by atoms with E-state index in [0.29, 0.717) is 16.9 Å². The van der Waals surface area contributed by atoms with Crippen LogP contribution in [-0.2, 0) is 0 Å². The molecular weight excluding hydrogens is 279 g/mol. The number of phenolic OH excluding ortho intramolecular Hbond substituents is 1. The number of aromatic hydroxyl groups is 1. The van der Waals surface area contributed by atoms with Gasteiger partial charge in [0.05, 0.1) is 5.69 Å². The van der Waals surface area contributed by atoms with E-state index >= 15 is 0 Å². The average Bonchev–Trinajstić information content (AvgIpc) is 2.85. The number of benzene rings is 2. The number of nitrogens with zero attached hydrogens (tertiary/aromatic N) is 2. The minimum absolute atomic E-state index is 0.182. The third kappa shape index (κ3) is 2.37. The Labute approximate surface area is 128 Å². The average molecular weight is 296 g/mol. The predicted octanol–water partition coefficient (Wildman–Crippen LogP) is 4.31. The molecule has 0 unspecified atom stereocenters. The summed E-state index contributed by atoms with van der Waals surface area (Å²) in [6.45, 7) is 5.79. The van der Waals surface area contributed by atoms with Gasteiger partial charge in [-0.25, -0.2) is 9.07 Å². The molecule has 0 aliphatic rings. The van der Waals surface area contributed by atoms with E-state index in [1.165, 1.54) is 6.07 Å². The molecule has 1 N–H and O–H groups in total. The first kappa shape index (κ1) is 14.3. The highest BCUT2D eigenvalue weighted by Crippen LogP contribution is 2.32. The quantitative estimate of drug-likeness (QED) is 0.765. The van der Waals surface area contributed by atoms with E-state index in [9.17, 15) is 9.50 Å². The van der Waals surface area contributed by atoms with Gasteiger partial charge in [-0.3, -0.25) is 0 Å². The topological polar surface area (TPSA) is 38.0 Å². The molecule has 2 aromatic carbocycles. The molecule has 0 saturated heterocycles. The lowest BCUT2D eigenvalue weighted by atomic mass is 10.0. The van der Waals surface area contributed by atoms with Crippen LogP contribution in [0.1, 0.15) is 16.8 Å². The number of aromatic nitrogens is 2. The number of aryl methyl sites for hydroxylation is 3. The van der Waals surface area contributed by atoms with Crippen LogP contribution in [0.25, 0.3) is 16.9 Å². The third-order valence-electron chi connectivity index (χ3n) is 3.86. The van der Waals surface area contributed by atoms with Gasteiger partial charge in [0.15, 0.2) is 0 Å². The number of para-hydroxylation sites is 1. The Balaban J connectivity index is 2.14. The second-order valence-corrected chi connectivity index (χ2v) is 5.49. The Kier molecular flexibility index (Phi) is 3.45. The zero-order chi connectivity index (χ0) is 15.9. The van der Waals surface area contributed by atoms with Crippen molar-refractivity contribution in [3.63, 3.8) is 0 Å². The zero-order valence-electron chi connectivity index (χ0n) is 12.8. The van der Waals surface area contributed by atoms with Crippen molar-refractivity contribution in [2.75, 3.05) is 0 Å². The van der Waals surface area contributed by atoms with Crippen molar-refractivity contribution in [3.8, 4) is 22.7 Å². The van der Waals surface area contributed by atoms with Crippen molar-refractivity contribution in [1.82, 2.24) is 9.78 Å². The van der Waals surface area contributed by atoms with Gasteiger partial charge in [0.1, 0.15) is 17.3 Å². The van der Waals surface area contributed by atoms with Crippen LogP contribution < -0.4 is 0 Å². The number of rotatable bonds is 2. The Hall–Kier alpha value is -2.62. The van der Waals surface area contributed by atoms with E-state index in [-0.39, 0.29) is 11.6 Å². The largest absolute Gasteiger partial charge is 0.507 e. The molecule has 1 aromatic heterocycles. The SMILES string of the molecule is Cc1cc(O)c(-c2cc(C)n(-c3ccccc3F)n2)cc1C. The highest BCUT2D eigenvalue weighted by molar-refractivity contribution is 5.69. The van der Waals surface area contributed by atoms with Gasteiger partial charge >= 0.3 is 0 Å². The maximum Gasteiger partial charge on any atom is 0.148 e. The Morgan fingerprint density at radius 1 is 1.00 bits per heavy atom. The third-order valence-corrected chi connectivity index (χ3v) is 3.86. The van der Waals surface area contributed by atoms with E-state index in [2.05, 4.69) is 5.10 Å². The van der Waals surface area contributed by atoms with E-state index in [1.807, 2.05) is 32.9 Å². The second-order valence-electron chi connectivity index (χ2n) is 5.49. The molecule has 0 bridgehead atoms. The first-order chi connectivity index (χ1) is 10.5. The molecule has 0 saturated carbocycles. The molecule has 3 aromatic rings. The lowest BCUT2D eigenvalue weighted by Crippen LogP contribution is -2.01. The van der Waals surface area contributed by atoms with Crippen LogP contribution in [0.2, 0.25) is 0 Å². The molecule has 0 aliphatic heterocycles. The fraction of sp³-hybridized carbons (Fsp3) is 0.167. The van der Waals surface area contributed by atoms with Crippen LogP contribution in [0, 0.1) is 26.6 Å². The highest BCUT2D eigenvalue weighted by atomic mass is 19.1. The minimum atomic E-state index is -0.329. The Morgan fingerprint density at radius 3 is 2.41 bits per heavy atom. The van der Waals surface area contributed by atoms with E-state index in [1.54, 1.807) is 28.9 Å². The van der Waals surface area contributed by atoms with Crippen LogP contribution in [0.15, 0.2) is 42.5 Å². The zero-order valence-corrected chi connectivity index (χ0v) is 12.8. The highest BCUT2D eigenvalue weighted by Gasteiger charge is 2.14. The summed E-state index contributed by atoms with van der Waals surface area (Å²) in [6.07, 6.45) is 0. The molecule has 3 nitrogen and oxygen atoms in total. The lowest BCUT2D eigenvalue weighted by Gasteiger charge is -2.07. The van der Waals surface area contributed by atoms with Gasteiger partial charge in [-0.2, -0.15) is 5.10 Å². The molecule has 4 heteroatoms. The summed E-state index contributed by atoms with van der Waals surface area (Å²) >= 11 is 0. The molecule has 0 spiro atoms. The minimum Gasteiger partial charge on any atom is -0.507 e. The Bertz CT molecular complexity index is 852. The Morgan fingerprint density at radius 2 is 1.68 bits per heavy atom. The van der Waals surface area contributed by atoms with Crippen molar-refractivity contribution in [2.45, 2.75) is 20.8 Å². The van der Waals surface area contributed by atoms with E-state index < -0.39 is 0 Å². The van der Waals surface area contributed by atoms with Gasteiger partial charge in [-0.05, 0) is 62.2 Å². The molecule has 0 fully saturated rings. The molecular formula is C18H17FN2O. The van der Waals surface area contributed by atoms with Crippen molar-refractivity contribution in [1.29, 1.82) is 0 Å². The summed E-state index contributed by atoms with van der Waals surface area (Å²) in [6, 6.07) is 12.0. The normalized spacial score (nSPS) is 10.9. The smallest absolute Gasteiger partial charge is 0.148 e. The molecule has 112 valence electrons. The fourth-order valence-corrected chi connectivity index (χ4v) is 2.48. The van der Waals surface area contributed by atoms with Crippen LogP contribution >= 0.6 is 0 Å². The van der Waals surface area contributed by atoms with E-state index in [4.69, 9.17) is 0 Å². The van der Waals surface area contributed by atoms with Crippen molar-refractivity contribution < 1.29 is 9.50 Å². The van der Waals surface area contributed by atoms with Gasteiger partial charge < -0.3 is 5.11 Å². The van der Waals surface area contributed by atoms with Gasteiger partial charge in [0.25, 0.3) is 0 Å². The first-order valence-corrected chi connectivity index (χ1v) is 7.09. The summed E-state index contributed by atoms with van der Waals surface area (Å²) in [5.41, 5.74) is 4.58. The van der Waals surface area contributed by atoms with Crippen LogP contribution in [-0.4, -0.2) is 14.9 Å². The van der Waals surface area contributed by atoms with Crippen molar-refractivity contribution in [2.24, 2.45) is 0 Å². The van der Waals surface area contributed by atoms with Crippen molar-refractivity contribution >= 4 is 0 Å². The van der Waals surface area contributed by atoms with Crippen LogP contribution in [0.3, 0.4) is 0 Å². The van der Waals surface area contributed by atoms with Gasteiger partial charge in [0, 0.05) is 11.3 Å². The maximum atomic E-state index is 14.0. The molecule has 0 atom stereocenters. The lowest BCUT2D eigenvalue weighted by molar-refractivity contribution is 0.476. The summed E-state index contributed by atoms with van der Waals surface area (Å²) in [4.78, 5) is 0. The molecule has 0 radical (unpaired) electrons. The van der Waals surface area contributed by atoms with Crippen LogP contribution in [0.5, 0.6) is 5.75 Å². The molecule has 1 heterocycles. The summed E-state index contributed by atoms with van der Waals surface area (Å²) < 4.78 is 15.5. The summed E-state index contributed by atoms with van der Waals surface area (Å²) in [7, 11) is 0. The molecule has 22 heavy (non-hydrogen) atoms. The number of hydrogen-bond donors (Lipinski definition) is 1. The van der Waals surface area contributed by atoms with E-state index in [0.717, 1.165) is 16.8 Å². The molecule has 0 aliphatic carbocycles. The number of hydrogen-bond acceptors (Lipinski definition) is 2. The monoisotopic (exact) mass is 296 g/mol. The fourth-order valence-electron chi connectivity index (χ4n) is 2.48. The molecule has 0 amide bonds. The van der Waals surface area contributed by atoms with Crippen LogP contribution in [0.4, 0.5) is 4.39 Å². The predicted molar refractivity (Wildman–Crippen MR) is 84.8 cm³/mol. The van der Waals surface area contributed by atoms with Gasteiger partial charge in [0.2, 0.25) is 0 Å². The summed E-state index contributed by atoms with van der Waals surface area (Å²) in [5, 5.41) is 14.6.